The van der Waals surface area contributed by atoms with Crippen molar-refractivity contribution in [3.63, 3.8) is 0 Å². The predicted molar refractivity (Wildman–Crippen MR) is 82.6 cm³/mol. The van der Waals surface area contributed by atoms with Gasteiger partial charge in [0.25, 0.3) is 0 Å². The van der Waals surface area contributed by atoms with Crippen molar-refractivity contribution < 1.29 is 14.7 Å². The number of likely N-dealkylation sites (tertiary alicyclic amines) is 2. The van der Waals surface area contributed by atoms with E-state index in [1.807, 2.05) is 47.2 Å². The smallest absolute Gasteiger partial charge is 0.317 e. The van der Waals surface area contributed by atoms with Gasteiger partial charge in [0, 0.05) is 25.7 Å². The Hall–Kier alpha value is -1.88. The van der Waals surface area contributed by atoms with Gasteiger partial charge in [-0.25, -0.2) is 0 Å². The number of carbonyl (C=O) groups is 2. The minimum absolute atomic E-state index is 0.0581. The third-order valence-corrected chi connectivity index (χ3v) is 5.27. The second kappa shape index (κ2) is 5.72. The first-order valence-electron chi connectivity index (χ1n) is 7.79. The molecule has 5 nitrogen and oxygen atoms in total. The van der Waals surface area contributed by atoms with E-state index in [0.717, 1.165) is 37.9 Å². The normalized spacial score (nSPS) is 24.9. The summed E-state index contributed by atoms with van der Waals surface area (Å²) in [6.45, 7) is 1.58. The van der Waals surface area contributed by atoms with Crippen LogP contribution >= 0.6 is 0 Å². The summed E-state index contributed by atoms with van der Waals surface area (Å²) >= 11 is 0. The minimum atomic E-state index is -0.783. The first kappa shape index (κ1) is 15.0. The van der Waals surface area contributed by atoms with E-state index in [2.05, 4.69) is 0 Å². The van der Waals surface area contributed by atoms with Crippen molar-refractivity contribution in [3.8, 4) is 0 Å². The van der Waals surface area contributed by atoms with E-state index in [4.69, 9.17) is 5.11 Å². The first-order valence-corrected chi connectivity index (χ1v) is 7.79. The lowest BCUT2D eigenvalue weighted by atomic mass is 9.81. The van der Waals surface area contributed by atoms with Gasteiger partial charge >= 0.3 is 5.97 Å². The number of rotatable bonds is 3. The summed E-state index contributed by atoms with van der Waals surface area (Å²) in [5.41, 5.74) is 0.983. The Labute approximate surface area is 130 Å². The second-order valence-electron chi connectivity index (χ2n) is 6.46. The molecule has 1 atom stereocenters. The Morgan fingerprint density at radius 3 is 2.50 bits per heavy atom. The third-order valence-electron chi connectivity index (χ3n) is 5.27. The summed E-state index contributed by atoms with van der Waals surface area (Å²) in [6, 6.07) is 9.96. The fourth-order valence-corrected chi connectivity index (χ4v) is 3.88. The van der Waals surface area contributed by atoms with Crippen LogP contribution < -0.4 is 0 Å². The number of carboxylic acid groups (broad SMARTS) is 1. The van der Waals surface area contributed by atoms with E-state index in [0.29, 0.717) is 0 Å². The molecule has 118 valence electrons. The molecule has 0 aromatic heterocycles. The monoisotopic (exact) mass is 302 g/mol. The molecule has 0 unspecified atom stereocenters. The molecule has 0 aliphatic carbocycles. The molecule has 2 aliphatic rings. The highest BCUT2D eigenvalue weighted by Crippen LogP contribution is 2.44. The summed E-state index contributed by atoms with van der Waals surface area (Å²) < 4.78 is 0. The van der Waals surface area contributed by atoms with Crippen LogP contribution in [0.4, 0.5) is 0 Å². The predicted octanol–water partition coefficient (Wildman–Crippen LogP) is 1.55. The summed E-state index contributed by atoms with van der Waals surface area (Å²) in [6.07, 6.45) is 2.55. The van der Waals surface area contributed by atoms with Crippen molar-refractivity contribution in [2.75, 3.05) is 26.7 Å². The van der Waals surface area contributed by atoms with Gasteiger partial charge in [0.1, 0.15) is 0 Å². The molecule has 22 heavy (non-hydrogen) atoms. The van der Waals surface area contributed by atoms with E-state index in [9.17, 15) is 9.59 Å². The molecular formula is C17H22N2O3. The maximum atomic E-state index is 12.7. The number of nitrogens with zero attached hydrogens (tertiary/aromatic N) is 2. The van der Waals surface area contributed by atoms with Crippen molar-refractivity contribution in [1.29, 1.82) is 0 Å². The summed E-state index contributed by atoms with van der Waals surface area (Å²) in [7, 11) is 1.90. The molecule has 1 aromatic carbocycles. The summed E-state index contributed by atoms with van der Waals surface area (Å²) in [4.78, 5) is 27.4. The van der Waals surface area contributed by atoms with Gasteiger partial charge in [-0.15, -0.1) is 0 Å². The van der Waals surface area contributed by atoms with E-state index in [1.165, 1.54) is 0 Å². The number of carboxylic acids is 1. The summed E-state index contributed by atoms with van der Waals surface area (Å²) in [5, 5.41) is 8.90. The van der Waals surface area contributed by atoms with Gasteiger partial charge in [-0.3, -0.25) is 14.5 Å². The third kappa shape index (κ3) is 2.61. The van der Waals surface area contributed by atoms with Crippen LogP contribution in [0.3, 0.4) is 0 Å². The fourth-order valence-electron chi connectivity index (χ4n) is 3.88. The second-order valence-corrected chi connectivity index (χ2v) is 6.46. The zero-order valence-corrected chi connectivity index (χ0v) is 12.9. The number of likely N-dealkylation sites (N-methyl/N-ethyl adjacent to an activating group) is 1. The number of piperidine rings is 1. The Bertz CT molecular complexity index is 565. The molecule has 0 saturated carbocycles. The molecule has 5 heteroatoms. The Balaban J connectivity index is 1.73. The van der Waals surface area contributed by atoms with Crippen LogP contribution in [0.1, 0.15) is 30.7 Å². The lowest BCUT2D eigenvalue weighted by Crippen LogP contribution is -2.52. The van der Waals surface area contributed by atoms with Crippen LogP contribution in [0.2, 0.25) is 0 Å². The standard InChI is InChI=1S/C17H22N2O3/c1-18-16(22)14(13-5-3-2-4-6-13)11-17(18)7-9-19(10-8-17)12-15(20)21/h2-6,14H,7-12H2,1H3,(H,20,21)/t14-/m0/s1. The molecule has 1 spiro atoms. The average Bonchev–Trinajstić information content (AvgIpc) is 2.76. The van der Waals surface area contributed by atoms with Gasteiger partial charge < -0.3 is 10.0 Å². The van der Waals surface area contributed by atoms with E-state index >= 15 is 0 Å². The van der Waals surface area contributed by atoms with E-state index < -0.39 is 5.97 Å². The Morgan fingerprint density at radius 1 is 1.27 bits per heavy atom. The number of aliphatic carboxylic acids is 1. The van der Waals surface area contributed by atoms with E-state index in [-0.39, 0.29) is 23.9 Å². The quantitative estimate of drug-likeness (QED) is 0.920. The van der Waals surface area contributed by atoms with Crippen LogP contribution in [0.25, 0.3) is 0 Å². The lowest BCUT2D eigenvalue weighted by molar-refractivity contribution is -0.140. The number of benzene rings is 1. The van der Waals surface area contributed by atoms with Crippen LogP contribution in [0, 0.1) is 0 Å². The molecule has 2 fully saturated rings. The van der Waals surface area contributed by atoms with Crippen molar-refractivity contribution in [1.82, 2.24) is 9.80 Å². The summed E-state index contributed by atoms with van der Waals surface area (Å²) in [5.74, 6) is -0.649. The van der Waals surface area contributed by atoms with Crippen molar-refractivity contribution in [2.24, 2.45) is 0 Å². The maximum Gasteiger partial charge on any atom is 0.317 e. The van der Waals surface area contributed by atoms with E-state index in [1.54, 1.807) is 0 Å². The molecular weight excluding hydrogens is 280 g/mol. The minimum Gasteiger partial charge on any atom is -0.480 e. The maximum absolute atomic E-state index is 12.7. The molecule has 0 bridgehead atoms. The lowest BCUT2D eigenvalue weighted by Gasteiger charge is -2.43. The zero-order valence-electron chi connectivity index (χ0n) is 12.9. The molecule has 2 aliphatic heterocycles. The van der Waals surface area contributed by atoms with Gasteiger partial charge in [-0.2, -0.15) is 0 Å². The van der Waals surface area contributed by atoms with Crippen molar-refractivity contribution in [2.45, 2.75) is 30.7 Å². The van der Waals surface area contributed by atoms with Gasteiger partial charge in [-0.05, 0) is 24.8 Å². The van der Waals surface area contributed by atoms with Crippen molar-refractivity contribution in [3.05, 3.63) is 35.9 Å². The van der Waals surface area contributed by atoms with Crippen LogP contribution in [0.5, 0.6) is 0 Å². The van der Waals surface area contributed by atoms with Gasteiger partial charge in [0.05, 0.1) is 12.5 Å². The highest BCUT2D eigenvalue weighted by molar-refractivity contribution is 5.87. The van der Waals surface area contributed by atoms with Gasteiger partial charge in [0.15, 0.2) is 0 Å². The highest BCUT2D eigenvalue weighted by Gasteiger charge is 2.50. The topological polar surface area (TPSA) is 60.9 Å². The van der Waals surface area contributed by atoms with Gasteiger partial charge in [0.2, 0.25) is 5.91 Å². The average molecular weight is 302 g/mol. The number of hydrogen-bond donors (Lipinski definition) is 1. The van der Waals surface area contributed by atoms with Crippen LogP contribution in [-0.2, 0) is 9.59 Å². The molecule has 2 saturated heterocycles. The van der Waals surface area contributed by atoms with Crippen molar-refractivity contribution >= 4 is 11.9 Å². The molecule has 1 aromatic rings. The largest absolute Gasteiger partial charge is 0.480 e. The molecule has 3 rings (SSSR count). The number of hydrogen-bond acceptors (Lipinski definition) is 3. The van der Waals surface area contributed by atoms with Crippen LogP contribution in [-0.4, -0.2) is 59.0 Å². The Kier molecular flexibility index (Phi) is 3.91. The molecule has 1 amide bonds. The number of amides is 1. The Morgan fingerprint density at radius 2 is 1.91 bits per heavy atom. The SMILES string of the molecule is CN1C(=O)[C@H](c2ccccc2)CC12CCN(CC(=O)O)CC2. The fraction of sp³-hybridized carbons (Fsp3) is 0.529. The van der Waals surface area contributed by atoms with Crippen LogP contribution in [0.15, 0.2) is 30.3 Å². The first-order chi connectivity index (χ1) is 10.5. The van der Waals surface area contributed by atoms with Gasteiger partial charge in [-0.1, -0.05) is 30.3 Å². The number of carbonyl (C=O) groups excluding carboxylic acids is 1. The molecule has 2 heterocycles. The highest BCUT2D eigenvalue weighted by atomic mass is 16.4. The molecule has 1 N–H and O–H groups in total. The zero-order chi connectivity index (χ0) is 15.7. The molecule has 0 radical (unpaired) electrons.